The Morgan fingerprint density at radius 1 is 1.00 bits per heavy atom. The molecule has 1 saturated heterocycles. The molecule has 7 heteroatoms. The van der Waals surface area contributed by atoms with E-state index in [-0.39, 0.29) is 12.5 Å². The fraction of sp³-hybridized carbons (Fsp3) is 0.381. The summed E-state index contributed by atoms with van der Waals surface area (Å²) in [6.45, 7) is 6.43. The first-order valence-electron chi connectivity index (χ1n) is 9.46. The molecule has 1 fully saturated rings. The first-order valence-corrected chi connectivity index (χ1v) is 10.9. The van der Waals surface area contributed by atoms with Crippen molar-refractivity contribution in [3.05, 3.63) is 65.2 Å². The molecule has 0 saturated carbocycles. The third kappa shape index (κ3) is 4.98. The van der Waals surface area contributed by atoms with Crippen LogP contribution in [0.3, 0.4) is 0 Å². The van der Waals surface area contributed by atoms with Gasteiger partial charge in [0.1, 0.15) is 0 Å². The smallest absolute Gasteiger partial charge is 0.243 e. The van der Waals surface area contributed by atoms with E-state index in [9.17, 15) is 13.2 Å². The summed E-state index contributed by atoms with van der Waals surface area (Å²) in [4.78, 5) is 14.5. The molecule has 6 nitrogen and oxygen atoms in total. The molecular weight excluding hydrogens is 374 g/mol. The minimum atomic E-state index is -3.50. The van der Waals surface area contributed by atoms with Gasteiger partial charge in [0.15, 0.2) is 0 Å². The molecule has 0 unspecified atom stereocenters. The summed E-state index contributed by atoms with van der Waals surface area (Å²) in [6, 6.07) is 15.2. The Kier molecular flexibility index (Phi) is 6.49. The number of aryl methyl sites for hydroxylation is 2. The number of benzene rings is 2. The van der Waals surface area contributed by atoms with Crippen molar-refractivity contribution in [2.24, 2.45) is 0 Å². The number of sulfonamides is 1. The molecule has 0 atom stereocenters. The van der Waals surface area contributed by atoms with E-state index in [2.05, 4.69) is 5.32 Å². The summed E-state index contributed by atoms with van der Waals surface area (Å²) in [6.07, 6.45) is 0. The van der Waals surface area contributed by atoms with Crippen LogP contribution in [-0.4, -0.2) is 56.3 Å². The zero-order valence-electron chi connectivity index (χ0n) is 16.4. The lowest BCUT2D eigenvalue weighted by molar-refractivity contribution is -0.122. The van der Waals surface area contributed by atoms with Crippen LogP contribution in [0.5, 0.6) is 0 Å². The number of piperazine rings is 1. The molecule has 3 rings (SSSR count). The van der Waals surface area contributed by atoms with E-state index in [1.807, 2.05) is 61.2 Å². The monoisotopic (exact) mass is 401 g/mol. The van der Waals surface area contributed by atoms with Gasteiger partial charge in [-0.3, -0.25) is 9.69 Å². The number of carbonyl (C=O) groups is 1. The first kappa shape index (κ1) is 20.5. The molecule has 1 N–H and O–H groups in total. The average Bonchev–Trinajstić information content (AvgIpc) is 2.67. The highest BCUT2D eigenvalue weighted by atomic mass is 32.2. The summed E-state index contributed by atoms with van der Waals surface area (Å²) in [5, 5.41) is 2.91. The summed E-state index contributed by atoms with van der Waals surface area (Å²) in [7, 11) is -3.50. The fourth-order valence-electron chi connectivity index (χ4n) is 3.41. The molecule has 2 aromatic carbocycles. The van der Waals surface area contributed by atoms with Crippen molar-refractivity contribution in [1.82, 2.24) is 14.5 Å². The second-order valence-corrected chi connectivity index (χ2v) is 9.12. The van der Waals surface area contributed by atoms with Crippen LogP contribution in [0, 0.1) is 13.8 Å². The third-order valence-electron chi connectivity index (χ3n) is 4.98. The van der Waals surface area contributed by atoms with E-state index < -0.39 is 10.0 Å². The lowest BCUT2D eigenvalue weighted by Crippen LogP contribution is -2.51. The quantitative estimate of drug-likeness (QED) is 0.803. The van der Waals surface area contributed by atoms with Gasteiger partial charge in [0.2, 0.25) is 15.9 Å². The molecule has 150 valence electrons. The van der Waals surface area contributed by atoms with Crippen LogP contribution in [0.1, 0.15) is 16.7 Å². The predicted octanol–water partition coefficient (Wildman–Crippen LogP) is 1.93. The first-order chi connectivity index (χ1) is 13.4. The molecule has 0 bridgehead atoms. The zero-order valence-corrected chi connectivity index (χ0v) is 17.2. The van der Waals surface area contributed by atoms with Crippen LogP contribution < -0.4 is 5.32 Å². The molecule has 2 aromatic rings. The predicted molar refractivity (Wildman–Crippen MR) is 109 cm³/mol. The topological polar surface area (TPSA) is 69.7 Å². The molecule has 0 aliphatic carbocycles. The molecule has 0 aromatic heterocycles. The standard InChI is InChI=1S/C21H27N3O3S/c1-17-8-9-20(18(2)14-17)28(26,27)24-12-10-23(11-13-24)16-21(25)22-15-19-6-4-3-5-7-19/h3-9,14H,10-13,15-16H2,1-2H3,(H,22,25). The van der Waals surface area contributed by atoms with E-state index in [1.165, 1.54) is 4.31 Å². The van der Waals surface area contributed by atoms with Gasteiger partial charge in [-0.25, -0.2) is 8.42 Å². The Hall–Kier alpha value is -2.22. The largest absolute Gasteiger partial charge is 0.351 e. The number of amides is 1. The minimum Gasteiger partial charge on any atom is -0.351 e. The van der Waals surface area contributed by atoms with Gasteiger partial charge in [-0.05, 0) is 31.0 Å². The van der Waals surface area contributed by atoms with Crippen molar-refractivity contribution in [2.45, 2.75) is 25.3 Å². The molecular formula is C21H27N3O3S. The number of nitrogens with one attached hydrogen (secondary N) is 1. The highest BCUT2D eigenvalue weighted by molar-refractivity contribution is 7.89. The summed E-state index contributed by atoms with van der Waals surface area (Å²) in [5.41, 5.74) is 2.87. The molecule has 1 aliphatic heterocycles. The van der Waals surface area contributed by atoms with Crippen LogP contribution >= 0.6 is 0 Å². The summed E-state index contributed by atoms with van der Waals surface area (Å²) in [5.74, 6) is -0.0467. The number of nitrogens with zero attached hydrogens (tertiary/aromatic N) is 2. The number of hydrogen-bond donors (Lipinski definition) is 1. The van der Waals surface area contributed by atoms with Gasteiger partial charge >= 0.3 is 0 Å². The van der Waals surface area contributed by atoms with Gasteiger partial charge in [-0.2, -0.15) is 4.31 Å². The maximum atomic E-state index is 12.9. The second kappa shape index (κ2) is 8.86. The van der Waals surface area contributed by atoms with Gasteiger partial charge in [-0.15, -0.1) is 0 Å². The summed E-state index contributed by atoms with van der Waals surface area (Å²) >= 11 is 0. The molecule has 1 amide bonds. The van der Waals surface area contributed by atoms with E-state index >= 15 is 0 Å². The Bertz CT molecular complexity index is 921. The van der Waals surface area contributed by atoms with Crippen molar-refractivity contribution in [3.8, 4) is 0 Å². The molecule has 0 radical (unpaired) electrons. The number of rotatable bonds is 6. The van der Waals surface area contributed by atoms with Gasteiger partial charge in [-0.1, -0.05) is 48.0 Å². The normalized spacial score (nSPS) is 16.1. The van der Waals surface area contributed by atoms with Gasteiger partial charge in [0, 0.05) is 32.7 Å². The maximum absolute atomic E-state index is 12.9. The number of hydrogen-bond acceptors (Lipinski definition) is 4. The highest BCUT2D eigenvalue weighted by Crippen LogP contribution is 2.22. The van der Waals surface area contributed by atoms with E-state index in [0.717, 1.165) is 16.7 Å². The second-order valence-electron chi connectivity index (χ2n) is 7.21. The lowest BCUT2D eigenvalue weighted by Gasteiger charge is -2.33. The fourth-order valence-corrected chi connectivity index (χ4v) is 5.04. The molecule has 1 heterocycles. The third-order valence-corrected chi connectivity index (χ3v) is 7.04. The maximum Gasteiger partial charge on any atom is 0.243 e. The van der Waals surface area contributed by atoms with E-state index in [1.54, 1.807) is 6.07 Å². The van der Waals surface area contributed by atoms with Crippen molar-refractivity contribution < 1.29 is 13.2 Å². The number of carbonyl (C=O) groups excluding carboxylic acids is 1. The Balaban J connectivity index is 1.52. The van der Waals surface area contributed by atoms with Crippen LogP contribution in [-0.2, 0) is 21.4 Å². The molecule has 1 aliphatic rings. The minimum absolute atomic E-state index is 0.0467. The van der Waals surface area contributed by atoms with Gasteiger partial charge in [0.05, 0.1) is 11.4 Å². The van der Waals surface area contributed by atoms with Crippen molar-refractivity contribution in [2.75, 3.05) is 32.7 Å². The van der Waals surface area contributed by atoms with Crippen molar-refractivity contribution in [1.29, 1.82) is 0 Å². The Morgan fingerprint density at radius 2 is 1.68 bits per heavy atom. The van der Waals surface area contributed by atoms with E-state index in [4.69, 9.17) is 0 Å². The Labute approximate surface area is 167 Å². The average molecular weight is 402 g/mol. The van der Waals surface area contributed by atoms with Crippen LogP contribution in [0.4, 0.5) is 0 Å². The molecule has 0 spiro atoms. The highest BCUT2D eigenvalue weighted by Gasteiger charge is 2.30. The summed E-state index contributed by atoms with van der Waals surface area (Å²) < 4.78 is 27.4. The SMILES string of the molecule is Cc1ccc(S(=O)(=O)N2CCN(CC(=O)NCc3ccccc3)CC2)c(C)c1. The van der Waals surface area contributed by atoms with E-state index in [0.29, 0.717) is 37.6 Å². The van der Waals surface area contributed by atoms with Crippen molar-refractivity contribution in [3.63, 3.8) is 0 Å². The van der Waals surface area contributed by atoms with Crippen molar-refractivity contribution >= 4 is 15.9 Å². The zero-order chi connectivity index (χ0) is 20.1. The lowest BCUT2D eigenvalue weighted by atomic mass is 10.2. The van der Waals surface area contributed by atoms with Crippen LogP contribution in [0.25, 0.3) is 0 Å². The Morgan fingerprint density at radius 3 is 2.32 bits per heavy atom. The molecule has 28 heavy (non-hydrogen) atoms. The van der Waals surface area contributed by atoms with Crippen LogP contribution in [0.15, 0.2) is 53.4 Å². The van der Waals surface area contributed by atoms with Gasteiger partial charge in [0.25, 0.3) is 0 Å². The van der Waals surface area contributed by atoms with Gasteiger partial charge < -0.3 is 5.32 Å². The van der Waals surface area contributed by atoms with Crippen LogP contribution in [0.2, 0.25) is 0 Å².